The van der Waals surface area contributed by atoms with Crippen LogP contribution in [0.25, 0.3) is 5.70 Å². The Bertz CT molecular complexity index is 869. The highest BCUT2D eigenvalue weighted by Crippen LogP contribution is 2.43. The zero-order valence-electron chi connectivity index (χ0n) is 15.0. The van der Waals surface area contributed by atoms with Crippen LogP contribution in [0.1, 0.15) is 48.5 Å². The molecule has 1 saturated carbocycles. The van der Waals surface area contributed by atoms with Gasteiger partial charge >= 0.3 is 0 Å². The van der Waals surface area contributed by atoms with Gasteiger partial charge < -0.3 is 9.47 Å². The molecule has 2 aromatic rings. The minimum Gasteiger partial charge on any atom is -0.493 e. The van der Waals surface area contributed by atoms with E-state index in [0.717, 1.165) is 48.4 Å². The van der Waals surface area contributed by atoms with Gasteiger partial charge in [-0.05, 0) is 67.5 Å². The molecule has 0 bridgehead atoms. The van der Waals surface area contributed by atoms with Crippen LogP contribution in [0.5, 0.6) is 11.5 Å². The maximum absolute atomic E-state index is 6.40. The van der Waals surface area contributed by atoms with Crippen LogP contribution in [0.3, 0.4) is 0 Å². The van der Waals surface area contributed by atoms with Crippen LogP contribution in [0.4, 0.5) is 0 Å². The lowest BCUT2D eigenvalue weighted by Gasteiger charge is -2.33. The second kappa shape index (κ2) is 6.06. The zero-order chi connectivity index (χ0) is 17.6. The predicted molar refractivity (Wildman–Crippen MR) is 99.9 cm³/mol. The van der Waals surface area contributed by atoms with Gasteiger partial charge in [-0.3, -0.25) is 10.3 Å². The Balaban J connectivity index is 1.44. The summed E-state index contributed by atoms with van der Waals surface area (Å²) >= 11 is 0. The number of ether oxygens (including phenoxy) is 2. The molecule has 0 radical (unpaired) electrons. The van der Waals surface area contributed by atoms with Gasteiger partial charge in [0, 0.05) is 5.56 Å². The van der Waals surface area contributed by atoms with Crippen molar-refractivity contribution in [2.45, 2.75) is 43.8 Å². The van der Waals surface area contributed by atoms with E-state index in [1.54, 1.807) is 7.11 Å². The molecule has 1 atom stereocenters. The fraction of sp³-hybridized carbons (Fsp3) is 0.364. The molecule has 2 aromatic carbocycles. The van der Waals surface area contributed by atoms with Crippen LogP contribution in [-0.4, -0.2) is 12.7 Å². The lowest BCUT2D eigenvalue weighted by molar-refractivity contribution is -0.0821. The van der Waals surface area contributed by atoms with Gasteiger partial charge in [0.1, 0.15) is 11.7 Å². The van der Waals surface area contributed by atoms with Gasteiger partial charge in [0.05, 0.1) is 12.8 Å². The van der Waals surface area contributed by atoms with Crippen molar-refractivity contribution in [1.29, 1.82) is 0 Å². The smallest absolute Gasteiger partial charge is 0.162 e. The Morgan fingerprint density at radius 1 is 1.12 bits per heavy atom. The van der Waals surface area contributed by atoms with Gasteiger partial charge in [0.15, 0.2) is 11.5 Å². The number of nitrogens with one attached hydrogen (secondary N) is 1. The minimum atomic E-state index is -0.0966. The van der Waals surface area contributed by atoms with E-state index in [-0.39, 0.29) is 11.7 Å². The summed E-state index contributed by atoms with van der Waals surface area (Å²) in [6, 6.07) is 14.6. The van der Waals surface area contributed by atoms with Gasteiger partial charge in [-0.15, -0.1) is 0 Å². The molecule has 1 fully saturated rings. The topological polar surface area (TPSA) is 39.7 Å². The Morgan fingerprint density at radius 2 is 2.00 bits per heavy atom. The largest absolute Gasteiger partial charge is 0.493 e. The number of benzene rings is 2. The van der Waals surface area contributed by atoms with Crippen LogP contribution in [0, 0.1) is 0 Å². The molecule has 1 spiro atoms. The third-order valence-electron chi connectivity index (χ3n) is 5.79. The van der Waals surface area contributed by atoms with E-state index in [4.69, 9.17) is 14.3 Å². The van der Waals surface area contributed by atoms with E-state index in [0.29, 0.717) is 0 Å². The van der Waals surface area contributed by atoms with E-state index in [1.807, 2.05) is 12.1 Å². The molecule has 2 aliphatic carbocycles. The van der Waals surface area contributed by atoms with Crippen molar-refractivity contribution < 1.29 is 14.3 Å². The third kappa shape index (κ3) is 2.56. The number of methoxy groups -OCH3 is 1. The Morgan fingerprint density at radius 3 is 2.77 bits per heavy atom. The first kappa shape index (κ1) is 15.8. The van der Waals surface area contributed by atoms with Crippen molar-refractivity contribution in [3.8, 4) is 11.5 Å². The highest BCUT2D eigenvalue weighted by atomic mass is 16.7. The summed E-state index contributed by atoms with van der Waals surface area (Å²) in [5.41, 5.74) is 7.76. The fourth-order valence-corrected chi connectivity index (χ4v) is 4.12. The number of rotatable bonds is 4. The molecule has 1 unspecified atom stereocenters. The van der Waals surface area contributed by atoms with Gasteiger partial charge in [-0.2, -0.15) is 0 Å². The van der Waals surface area contributed by atoms with E-state index < -0.39 is 0 Å². The molecule has 3 aliphatic rings. The maximum Gasteiger partial charge on any atom is 0.162 e. The second-order valence-corrected chi connectivity index (χ2v) is 7.39. The van der Waals surface area contributed by atoms with Crippen molar-refractivity contribution in [2.75, 3.05) is 7.11 Å². The maximum atomic E-state index is 6.40. The van der Waals surface area contributed by atoms with E-state index >= 15 is 0 Å². The second-order valence-electron chi connectivity index (χ2n) is 7.39. The summed E-state index contributed by atoms with van der Waals surface area (Å²) in [5, 5.41) is 0. The number of aryl methyl sites for hydroxylation is 1. The van der Waals surface area contributed by atoms with Crippen LogP contribution in [-0.2, 0) is 11.3 Å². The van der Waals surface area contributed by atoms with E-state index in [1.165, 1.54) is 17.5 Å². The van der Waals surface area contributed by atoms with Crippen molar-refractivity contribution >= 4 is 5.70 Å². The van der Waals surface area contributed by atoms with Crippen LogP contribution in [0.2, 0.25) is 0 Å². The molecule has 5 rings (SSSR count). The van der Waals surface area contributed by atoms with Crippen LogP contribution >= 0.6 is 0 Å². The molecule has 1 N–H and O–H groups in total. The molecular formula is C22H23NO3. The monoisotopic (exact) mass is 349 g/mol. The molecule has 4 heteroatoms. The molecule has 0 saturated heterocycles. The molecule has 0 amide bonds. The van der Waals surface area contributed by atoms with Crippen molar-refractivity contribution in [2.24, 2.45) is 0 Å². The summed E-state index contributed by atoms with van der Waals surface area (Å²) in [6.07, 6.45) is 7.75. The summed E-state index contributed by atoms with van der Waals surface area (Å²) in [4.78, 5) is 5.81. The first-order valence-electron chi connectivity index (χ1n) is 9.36. The van der Waals surface area contributed by atoms with E-state index in [9.17, 15) is 0 Å². The molecule has 4 nitrogen and oxygen atoms in total. The number of hydrogen-bond acceptors (Lipinski definition) is 4. The van der Waals surface area contributed by atoms with Crippen molar-refractivity contribution in [1.82, 2.24) is 5.48 Å². The third-order valence-corrected chi connectivity index (χ3v) is 5.79. The Kier molecular flexibility index (Phi) is 3.68. The van der Waals surface area contributed by atoms with Gasteiger partial charge in [-0.25, -0.2) is 0 Å². The summed E-state index contributed by atoms with van der Waals surface area (Å²) in [7, 11) is 1.68. The number of fused-ring (bicyclic) bond motifs is 1. The molecule has 26 heavy (non-hydrogen) atoms. The standard InChI is InChI=1S/C22H23NO3/c1-24-20-10-8-16(18-14-22(26-23-18)11-4-12-22)13-21(20)25-19-9-7-15-5-2-3-6-17(15)19/h2-3,5-6,8,10,13-14,19,23H,4,7,9,11-12H2,1H3. The lowest BCUT2D eigenvalue weighted by atomic mass is 9.80. The molecule has 1 heterocycles. The molecule has 134 valence electrons. The van der Waals surface area contributed by atoms with Crippen LogP contribution < -0.4 is 15.0 Å². The average Bonchev–Trinajstić information content (AvgIpc) is 3.27. The lowest BCUT2D eigenvalue weighted by Crippen LogP contribution is -2.36. The summed E-state index contributed by atoms with van der Waals surface area (Å²) in [6.45, 7) is 0. The molecular weight excluding hydrogens is 326 g/mol. The fourth-order valence-electron chi connectivity index (χ4n) is 4.12. The zero-order valence-corrected chi connectivity index (χ0v) is 15.0. The van der Waals surface area contributed by atoms with Crippen molar-refractivity contribution in [3.63, 3.8) is 0 Å². The molecule has 1 aliphatic heterocycles. The minimum absolute atomic E-state index is 0.0788. The number of hydroxylamine groups is 1. The average molecular weight is 349 g/mol. The van der Waals surface area contributed by atoms with Gasteiger partial charge in [0.25, 0.3) is 0 Å². The normalized spacial score (nSPS) is 22.3. The Labute approximate surface area is 153 Å². The van der Waals surface area contributed by atoms with Crippen LogP contribution in [0.15, 0.2) is 48.5 Å². The first-order chi connectivity index (χ1) is 12.8. The Hall–Kier alpha value is -2.46. The predicted octanol–water partition coefficient (Wildman–Crippen LogP) is 4.56. The highest BCUT2D eigenvalue weighted by Gasteiger charge is 2.41. The summed E-state index contributed by atoms with van der Waals surface area (Å²) < 4.78 is 11.9. The van der Waals surface area contributed by atoms with Gasteiger partial charge in [-0.1, -0.05) is 24.3 Å². The quantitative estimate of drug-likeness (QED) is 0.878. The SMILES string of the molecule is COc1ccc(C2=CC3(CCC3)ON2)cc1OC1CCc2ccccc21. The first-order valence-corrected chi connectivity index (χ1v) is 9.36. The summed E-state index contributed by atoms with van der Waals surface area (Å²) in [5.74, 6) is 1.54. The van der Waals surface area contributed by atoms with E-state index in [2.05, 4.69) is 41.9 Å². The highest BCUT2D eigenvalue weighted by molar-refractivity contribution is 5.68. The van der Waals surface area contributed by atoms with Gasteiger partial charge in [0.2, 0.25) is 0 Å². The van der Waals surface area contributed by atoms with Crippen molar-refractivity contribution in [3.05, 3.63) is 65.2 Å². The molecule has 0 aromatic heterocycles. The number of hydrogen-bond donors (Lipinski definition) is 1.